The predicted octanol–water partition coefficient (Wildman–Crippen LogP) is 14.8. The summed E-state index contributed by atoms with van der Waals surface area (Å²) in [5.41, 5.74) is 0. The lowest BCUT2D eigenvalue weighted by Gasteiger charge is -2.18. The number of unbranched alkanes of at least 4 members (excludes halogenated alkanes) is 28. The van der Waals surface area contributed by atoms with E-state index >= 15 is 0 Å². The number of carbonyl (C=O) groups is 3. The van der Waals surface area contributed by atoms with Gasteiger partial charge < -0.3 is 14.2 Å². The van der Waals surface area contributed by atoms with Crippen molar-refractivity contribution in [2.75, 3.05) is 13.2 Å². The van der Waals surface area contributed by atoms with Gasteiger partial charge in [-0.3, -0.25) is 14.4 Å². The highest BCUT2D eigenvalue weighted by Crippen LogP contribution is 2.15. The Balaban J connectivity index is 4.34. The van der Waals surface area contributed by atoms with E-state index in [0.29, 0.717) is 19.3 Å². The van der Waals surface area contributed by atoms with Gasteiger partial charge in [0.25, 0.3) is 0 Å². The van der Waals surface area contributed by atoms with E-state index in [1.54, 1.807) is 0 Å². The van der Waals surface area contributed by atoms with E-state index in [0.717, 1.165) is 64.2 Å². The summed E-state index contributed by atoms with van der Waals surface area (Å²) in [6, 6.07) is 0. The molecule has 0 N–H and O–H groups in total. The molecule has 0 aliphatic heterocycles. The zero-order valence-electron chi connectivity index (χ0n) is 36.0. The Hall–Kier alpha value is -2.11. The fourth-order valence-electron chi connectivity index (χ4n) is 6.67. The summed E-state index contributed by atoms with van der Waals surface area (Å²) in [5, 5.41) is 0. The van der Waals surface area contributed by atoms with Crippen molar-refractivity contribution in [3.63, 3.8) is 0 Å². The second kappa shape index (κ2) is 43.6. The van der Waals surface area contributed by atoms with Crippen LogP contribution in [-0.4, -0.2) is 37.2 Å². The maximum Gasteiger partial charge on any atom is 0.306 e. The summed E-state index contributed by atoms with van der Waals surface area (Å²) in [7, 11) is 0. The van der Waals surface area contributed by atoms with Crippen LogP contribution in [0.2, 0.25) is 0 Å². The fraction of sp³-hybridized carbons (Fsp3) is 0.854. The third kappa shape index (κ3) is 41.1. The van der Waals surface area contributed by atoms with Gasteiger partial charge in [0.15, 0.2) is 6.10 Å². The van der Waals surface area contributed by atoms with Crippen LogP contribution in [-0.2, 0) is 28.6 Å². The number of ether oxygens (including phenoxy) is 3. The van der Waals surface area contributed by atoms with Gasteiger partial charge >= 0.3 is 17.9 Å². The highest BCUT2D eigenvalue weighted by molar-refractivity contribution is 5.71. The molecule has 0 spiro atoms. The zero-order valence-corrected chi connectivity index (χ0v) is 36.0. The Kier molecular flexibility index (Phi) is 41.9. The van der Waals surface area contributed by atoms with Crippen molar-refractivity contribution in [3.05, 3.63) is 24.3 Å². The molecule has 6 nitrogen and oxygen atoms in total. The Morgan fingerprint density at radius 2 is 0.648 bits per heavy atom. The first-order chi connectivity index (χ1) is 26.5. The molecule has 1 atom stereocenters. The molecular formula is C48H88O6. The van der Waals surface area contributed by atoms with E-state index in [-0.39, 0.29) is 31.1 Å². The van der Waals surface area contributed by atoms with Crippen molar-refractivity contribution < 1.29 is 28.6 Å². The van der Waals surface area contributed by atoms with Crippen LogP contribution in [0.25, 0.3) is 0 Å². The van der Waals surface area contributed by atoms with Crippen LogP contribution >= 0.6 is 0 Å². The van der Waals surface area contributed by atoms with Crippen LogP contribution in [0.4, 0.5) is 0 Å². The minimum absolute atomic E-state index is 0.0713. The number of hydrogen-bond donors (Lipinski definition) is 0. The van der Waals surface area contributed by atoms with Crippen molar-refractivity contribution >= 4 is 17.9 Å². The maximum atomic E-state index is 12.7. The second-order valence-corrected chi connectivity index (χ2v) is 15.7. The summed E-state index contributed by atoms with van der Waals surface area (Å²) in [4.78, 5) is 37.7. The van der Waals surface area contributed by atoms with Crippen LogP contribution in [0, 0.1) is 0 Å². The number of hydrogen-bond acceptors (Lipinski definition) is 6. The molecule has 0 aliphatic rings. The zero-order chi connectivity index (χ0) is 39.4. The first-order valence-corrected chi connectivity index (χ1v) is 23.4. The third-order valence-electron chi connectivity index (χ3n) is 10.2. The molecule has 6 heteroatoms. The maximum absolute atomic E-state index is 12.7. The van der Waals surface area contributed by atoms with Crippen LogP contribution in [0.3, 0.4) is 0 Å². The minimum Gasteiger partial charge on any atom is -0.462 e. The van der Waals surface area contributed by atoms with Gasteiger partial charge in [-0.2, -0.15) is 0 Å². The van der Waals surface area contributed by atoms with Gasteiger partial charge in [-0.25, -0.2) is 0 Å². The molecular weight excluding hydrogens is 673 g/mol. The van der Waals surface area contributed by atoms with E-state index in [1.807, 2.05) is 0 Å². The average Bonchev–Trinajstić information content (AvgIpc) is 3.17. The van der Waals surface area contributed by atoms with Crippen molar-refractivity contribution in [1.29, 1.82) is 0 Å². The minimum atomic E-state index is -0.767. The summed E-state index contributed by atoms with van der Waals surface area (Å²) >= 11 is 0. The van der Waals surface area contributed by atoms with Gasteiger partial charge in [0.2, 0.25) is 0 Å². The fourth-order valence-corrected chi connectivity index (χ4v) is 6.67. The lowest BCUT2D eigenvalue weighted by atomic mass is 10.0. The highest BCUT2D eigenvalue weighted by Gasteiger charge is 2.19. The molecule has 1 unspecified atom stereocenters. The van der Waals surface area contributed by atoms with Gasteiger partial charge in [0.1, 0.15) is 13.2 Å². The Morgan fingerprint density at radius 1 is 0.370 bits per heavy atom. The van der Waals surface area contributed by atoms with Crippen LogP contribution in [0.15, 0.2) is 24.3 Å². The molecule has 0 saturated heterocycles. The molecule has 0 radical (unpaired) electrons. The lowest BCUT2D eigenvalue weighted by molar-refractivity contribution is -0.167. The molecule has 0 fully saturated rings. The van der Waals surface area contributed by atoms with Crippen molar-refractivity contribution in [2.24, 2.45) is 0 Å². The lowest BCUT2D eigenvalue weighted by Crippen LogP contribution is -2.30. The molecule has 0 aromatic carbocycles. The van der Waals surface area contributed by atoms with Crippen LogP contribution < -0.4 is 0 Å². The van der Waals surface area contributed by atoms with E-state index < -0.39 is 6.10 Å². The summed E-state index contributed by atoms with van der Waals surface area (Å²) in [5.74, 6) is -0.879. The highest BCUT2D eigenvalue weighted by atomic mass is 16.6. The first-order valence-electron chi connectivity index (χ1n) is 23.4. The number of allylic oxidation sites excluding steroid dienone is 4. The Morgan fingerprint density at radius 3 is 1.02 bits per heavy atom. The molecule has 0 bridgehead atoms. The van der Waals surface area contributed by atoms with Crippen LogP contribution in [0.1, 0.15) is 245 Å². The van der Waals surface area contributed by atoms with Crippen molar-refractivity contribution in [3.8, 4) is 0 Å². The van der Waals surface area contributed by atoms with Gasteiger partial charge in [-0.15, -0.1) is 0 Å². The topological polar surface area (TPSA) is 78.9 Å². The molecule has 0 heterocycles. The monoisotopic (exact) mass is 761 g/mol. The van der Waals surface area contributed by atoms with Crippen molar-refractivity contribution in [2.45, 2.75) is 252 Å². The third-order valence-corrected chi connectivity index (χ3v) is 10.2. The summed E-state index contributed by atoms with van der Waals surface area (Å²) in [6.45, 7) is 6.58. The van der Waals surface area contributed by atoms with Gasteiger partial charge in [-0.05, 0) is 44.9 Å². The molecule has 54 heavy (non-hydrogen) atoms. The Bertz CT molecular complexity index is 880. The molecule has 0 aliphatic carbocycles. The molecule has 0 aromatic rings. The molecule has 0 rings (SSSR count). The van der Waals surface area contributed by atoms with E-state index in [2.05, 4.69) is 45.1 Å². The normalized spacial score (nSPS) is 12.1. The first kappa shape index (κ1) is 51.9. The summed E-state index contributed by atoms with van der Waals surface area (Å²) in [6.07, 6.45) is 47.3. The average molecular weight is 761 g/mol. The van der Waals surface area contributed by atoms with Crippen LogP contribution in [0.5, 0.6) is 0 Å². The summed E-state index contributed by atoms with van der Waals surface area (Å²) < 4.78 is 16.7. The van der Waals surface area contributed by atoms with E-state index in [1.165, 1.54) is 141 Å². The van der Waals surface area contributed by atoms with Gasteiger partial charge in [0, 0.05) is 19.3 Å². The number of esters is 3. The largest absolute Gasteiger partial charge is 0.462 e. The van der Waals surface area contributed by atoms with Crippen molar-refractivity contribution in [1.82, 2.24) is 0 Å². The molecule has 316 valence electrons. The quantitative estimate of drug-likeness (QED) is 0.0267. The second-order valence-electron chi connectivity index (χ2n) is 15.7. The van der Waals surface area contributed by atoms with E-state index in [4.69, 9.17) is 14.2 Å². The van der Waals surface area contributed by atoms with E-state index in [9.17, 15) is 14.4 Å². The number of carbonyl (C=O) groups excluding carboxylic acids is 3. The SMILES string of the molecule is CCCCC/C=C\C=C/CCCCCCCCC(=O)OCC(COC(=O)CCCCCCCCCCC)OC(=O)CCCCCCCCCCCCCC. The molecule has 0 amide bonds. The van der Waals surface area contributed by atoms with Gasteiger partial charge in [-0.1, -0.05) is 206 Å². The number of rotatable bonds is 42. The van der Waals surface area contributed by atoms with Gasteiger partial charge in [0.05, 0.1) is 0 Å². The standard InChI is InChI=1S/C48H88O6/c1-4-7-10-13-16-19-21-23-24-25-27-29-32-35-38-41-47(50)53-44-45(43-52-46(49)40-37-34-31-28-18-15-12-9-6-3)54-48(51)42-39-36-33-30-26-22-20-17-14-11-8-5-2/h16,19,21,23,45H,4-15,17-18,20,22,24-44H2,1-3H3/b19-16-,23-21-. The molecule has 0 saturated carbocycles. The predicted molar refractivity (Wildman–Crippen MR) is 229 cm³/mol. The smallest absolute Gasteiger partial charge is 0.306 e. The molecule has 0 aromatic heterocycles. The Labute approximate surface area is 334 Å².